The van der Waals surface area contributed by atoms with Gasteiger partial charge in [-0.3, -0.25) is 0 Å². The molecule has 1 aliphatic rings. The van der Waals surface area contributed by atoms with Crippen LogP contribution in [0.2, 0.25) is 0 Å². The quantitative estimate of drug-likeness (QED) is 0.513. The van der Waals surface area contributed by atoms with Crippen LogP contribution in [-0.2, 0) is 12.4 Å². The van der Waals surface area contributed by atoms with Gasteiger partial charge in [0.25, 0.3) is 0 Å². The molecular formula is C22H16F6N2O2. The fourth-order valence-corrected chi connectivity index (χ4v) is 3.41. The highest BCUT2D eigenvalue weighted by atomic mass is 19.4. The van der Waals surface area contributed by atoms with E-state index >= 15 is 0 Å². The first kappa shape index (κ1) is 23.3. The Morgan fingerprint density at radius 3 is 1.69 bits per heavy atom. The first-order valence-electron chi connectivity index (χ1n) is 9.27. The molecule has 0 aromatic heterocycles. The summed E-state index contributed by atoms with van der Waals surface area (Å²) >= 11 is 0. The second kappa shape index (κ2) is 7.63. The third-order valence-corrected chi connectivity index (χ3v) is 5.45. The second-order valence-electron chi connectivity index (χ2n) is 8.08. The molecule has 4 nitrogen and oxygen atoms in total. The summed E-state index contributed by atoms with van der Waals surface area (Å²) in [7, 11) is 0. The molecule has 0 aliphatic heterocycles. The summed E-state index contributed by atoms with van der Waals surface area (Å²) in [6, 6.07) is 8.80. The Hall–Kier alpha value is -3.40. The van der Waals surface area contributed by atoms with Crippen LogP contribution in [0.3, 0.4) is 0 Å². The van der Waals surface area contributed by atoms with Crippen molar-refractivity contribution in [3.8, 4) is 23.6 Å². The number of hydrogen-bond acceptors (Lipinski definition) is 4. The highest BCUT2D eigenvalue weighted by molar-refractivity contribution is 5.46. The molecular weight excluding hydrogens is 438 g/mol. The van der Waals surface area contributed by atoms with Crippen LogP contribution >= 0.6 is 0 Å². The summed E-state index contributed by atoms with van der Waals surface area (Å²) in [4.78, 5) is 0. The summed E-state index contributed by atoms with van der Waals surface area (Å²) in [5.74, 6) is -0.292. The van der Waals surface area contributed by atoms with Crippen molar-refractivity contribution < 1.29 is 35.8 Å². The highest BCUT2D eigenvalue weighted by Gasteiger charge is 2.65. The van der Waals surface area contributed by atoms with Crippen molar-refractivity contribution in [1.29, 1.82) is 10.5 Å². The molecule has 0 radical (unpaired) electrons. The number of alkyl halides is 6. The summed E-state index contributed by atoms with van der Waals surface area (Å²) in [6.07, 6.45) is -9.14. The number of nitriles is 2. The summed E-state index contributed by atoms with van der Waals surface area (Å²) in [6.45, 7) is 3.33. The van der Waals surface area contributed by atoms with Crippen molar-refractivity contribution in [2.75, 3.05) is 6.61 Å². The Balaban J connectivity index is 1.85. The van der Waals surface area contributed by atoms with Crippen molar-refractivity contribution in [3.63, 3.8) is 0 Å². The van der Waals surface area contributed by atoms with Crippen LogP contribution in [0.15, 0.2) is 36.4 Å². The number of halogens is 6. The molecule has 1 unspecified atom stereocenters. The molecule has 0 amide bonds. The lowest BCUT2D eigenvalue weighted by Gasteiger charge is -2.24. The third kappa shape index (κ3) is 4.45. The zero-order valence-corrected chi connectivity index (χ0v) is 16.9. The van der Waals surface area contributed by atoms with Crippen LogP contribution in [0.1, 0.15) is 42.5 Å². The van der Waals surface area contributed by atoms with Crippen LogP contribution in [0, 0.1) is 28.1 Å². The van der Waals surface area contributed by atoms with Crippen molar-refractivity contribution >= 4 is 0 Å². The van der Waals surface area contributed by atoms with E-state index < -0.39 is 45.6 Å². The van der Waals surface area contributed by atoms with E-state index in [0.717, 1.165) is 18.2 Å². The Labute approximate surface area is 179 Å². The van der Waals surface area contributed by atoms with Crippen LogP contribution in [0.4, 0.5) is 26.3 Å². The van der Waals surface area contributed by atoms with E-state index in [1.54, 1.807) is 13.8 Å². The molecule has 2 aromatic carbocycles. The van der Waals surface area contributed by atoms with Gasteiger partial charge in [-0.2, -0.15) is 36.9 Å². The number of nitrogens with zero attached hydrogens (tertiary/aromatic N) is 2. The molecule has 0 heterocycles. The normalized spacial score (nSPS) is 19.6. The van der Waals surface area contributed by atoms with E-state index in [1.165, 1.54) is 24.3 Å². The maximum absolute atomic E-state index is 13.2. The molecule has 1 atom stereocenters. The molecule has 1 saturated carbocycles. The zero-order chi connectivity index (χ0) is 23.9. The number of benzene rings is 2. The van der Waals surface area contributed by atoms with Crippen LogP contribution in [0.5, 0.6) is 11.5 Å². The molecule has 1 fully saturated rings. The average molecular weight is 454 g/mol. The van der Waals surface area contributed by atoms with E-state index in [9.17, 15) is 26.3 Å². The molecule has 32 heavy (non-hydrogen) atoms. The van der Waals surface area contributed by atoms with Crippen LogP contribution < -0.4 is 9.47 Å². The molecule has 10 heteroatoms. The van der Waals surface area contributed by atoms with Crippen molar-refractivity contribution in [2.45, 2.75) is 38.2 Å². The number of ether oxygens (including phenoxy) is 2. The predicted octanol–water partition coefficient (Wildman–Crippen LogP) is 6.09. The molecule has 168 valence electrons. The summed E-state index contributed by atoms with van der Waals surface area (Å²) < 4.78 is 90.5. The van der Waals surface area contributed by atoms with Gasteiger partial charge in [-0.1, -0.05) is 13.8 Å². The fourth-order valence-electron chi connectivity index (χ4n) is 3.41. The molecule has 0 spiro atoms. The van der Waals surface area contributed by atoms with E-state index in [-0.39, 0.29) is 18.1 Å². The molecule has 3 rings (SSSR count). The van der Waals surface area contributed by atoms with Gasteiger partial charge in [0, 0.05) is 11.8 Å². The van der Waals surface area contributed by atoms with Gasteiger partial charge in [0.2, 0.25) is 0 Å². The molecule has 0 saturated heterocycles. The smallest absolute Gasteiger partial charge is 0.417 e. The van der Waals surface area contributed by atoms with Gasteiger partial charge < -0.3 is 9.47 Å². The monoisotopic (exact) mass is 454 g/mol. The van der Waals surface area contributed by atoms with Gasteiger partial charge in [-0.05, 0) is 36.4 Å². The fraction of sp³-hybridized carbons (Fsp3) is 0.364. The van der Waals surface area contributed by atoms with Gasteiger partial charge in [-0.25, -0.2) is 0 Å². The lowest BCUT2D eigenvalue weighted by Crippen LogP contribution is -2.32. The van der Waals surface area contributed by atoms with Crippen molar-refractivity contribution in [3.05, 3.63) is 58.7 Å². The standard InChI is InChI=1S/C22H16F6N2O2/c1-19(2)11-20(19,32-16-6-4-14(10-30)18(8-16)22(26,27)28)12-31-15-5-3-13(9-29)17(7-15)21(23,24)25/h3-8H,11-12H2,1-2H3. The predicted molar refractivity (Wildman–Crippen MR) is 99.6 cm³/mol. The molecule has 2 aromatic rings. The number of hydrogen-bond donors (Lipinski definition) is 0. The lowest BCUT2D eigenvalue weighted by atomic mass is 10.1. The minimum absolute atomic E-state index is 0.138. The Bertz CT molecular complexity index is 1130. The second-order valence-corrected chi connectivity index (χ2v) is 8.08. The van der Waals surface area contributed by atoms with E-state index in [2.05, 4.69) is 0 Å². The van der Waals surface area contributed by atoms with Gasteiger partial charge in [-0.15, -0.1) is 0 Å². The van der Waals surface area contributed by atoms with E-state index in [0.29, 0.717) is 12.5 Å². The van der Waals surface area contributed by atoms with Gasteiger partial charge in [0.1, 0.15) is 23.7 Å². The number of rotatable bonds is 5. The minimum Gasteiger partial charge on any atom is -0.489 e. The Morgan fingerprint density at radius 2 is 1.28 bits per heavy atom. The van der Waals surface area contributed by atoms with Crippen molar-refractivity contribution in [1.82, 2.24) is 0 Å². The average Bonchev–Trinajstić information content (AvgIpc) is 3.24. The van der Waals surface area contributed by atoms with E-state index in [4.69, 9.17) is 20.0 Å². The largest absolute Gasteiger partial charge is 0.489 e. The summed E-state index contributed by atoms with van der Waals surface area (Å²) in [5.41, 5.74) is -5.02. The van der Waals surface area contributed by atoms with E-state index in [1.807, 2.05) is 0 Å². The van der Waals surface area contributed by atoms with Crippen molar-refractivity contribution in [2.24, 2.45) is 5.41 Å². The van der Waals surface area contributed by atoms with Gasteiger partial charge in [0.15, 0.2) is 0 Å². The molecule has 0 N–H and O–H groups in total. The zero-order valence-electron chi connectivity index (χ0n) is 16.9. The highest BCUT2D eigenvalue weighted by Crippen LogP contribution is 2.58. The van der Waals surface area contributed by atoms with Crippen LogP contribution in [-0.4, -0.2) is 12.2 Å². The maximum Gasteiger partial charge on any atom is 0.417 e. The SMILES string of the molecule is CC1(C)CC1(COc1ccc(C#N)c(C(F)(F)F)c1)Oc1ccc(C#N)c(C(F)(F)F)c1. The van der Waals surface area contributed by atoms with Gasteiger partial charge in [0.05, 0.1) is 34.4 Å². The maximum atomic E-state index is 13.2. The first-order valence-corrected chi connectivity index (χ1v) is 9.27. The first-order chi connectivity index (χ1) is 14.7. The Morgan fingerprint density at radius 1 is 0.844 bits per heavy atom. The molecule has 1 aliphatic carbocycles. The van der Waals surface area contributed by atoms with Gasteiger partial charge >= 0.3 is 12.4 Å². The third-order valence-electron chi connectivity index (χ3n) is 5.45. The van der Waals surface area contributed by atoms with Crippen LogP contribution in [0.25, 0.3) is 0 Å². The minimum atomic E-state index is -4.76. The lowest BCUT2D eigenvalue weighted by molar-refractivity contribution is -0.138. The molecule has 0 bridgehead atoms. The summed E-state index contributed by atoms with van der Waals surface area (Å²) in [5, 5.41) is 17.8. The Kier molecular flexibility index (Phi) is 5.55. The topological polar surface area (TPSA) is 66.0 Å².